The maximum atomic E-state index is 13.5. The molecule has 2 amide bonds. The summed E-state index contributed by atoms with van der Waals surface area (Å²) in [7, 11) is 0. The molecule has 0 radical (unpaired) electrons. The molecule has 0 saturated carbocycles. The SMILES string of the molecule is NC(=O)COc1ccc(C2=NO[C@@]3(C(=O)Nc4ccccc43)[C@@H]2C(=O)c2ccco2)cc1. The minimum atomic E-state index is -1.66. The van der Waals surface area contributed by atoms with E-state index in [9.17, 15) is 14.4 Å². The van der Waals surface area contributed by atoms with Crippen molar-refractivity contribution in [3.8, 4) is 5.75 Å². The molecule has 9 nitrogen and oxygen atoms in total. The molecule has 0 aliphatic carbocycles. The standard InChI is InChI=1S/C23H17N3O6/c24-18(27)12-31-14-9-7-13(8-10-14)20-19(21(28)17-6-3-11-30-17)23(32-26-20)15-4-1-2-5-16(15)25-22(23)29/h1-11,19H,12H2,(H2,24,27)(H,25,29)/t19-,23+/m0/s1. The van der Waals surface area contributed by atoms with Crippen LogP contribution in [-0.4, -0.2) is 29.9 Å². The fourth-order valence-electron chi connectivity index (χ4n) is 4.02. The number of para-hydroxylation sites is 1. The van der Waals surface area contributed by atoms with Crippen molar-refractivity contribution in [3.05, 3.63) is 83.8 Å². The van der Waals surface area contributed by atoms with Crippen molar-refractivity contribution in [2.75, 3.05) is 11.9 Å². The number of hydrogen-bond acceptors (Lipinski definition) is 7. The molecule has 5 rings (SSSR count). The molecular formula is C23H17N3O6. The van der Waals surface area contributed by atoms with Crippen LogP contribution in [0.25, 0.3) is 0 Å². The lowest BCUT2D eigenvalue weighted by molar-refractivity contribution is -0.140. The van der Waals surface area contributed by atoms with Gasteiger partial charge in [0.1, 0.15) is 17.4 Å². The van der Waals surface area contributed by atoms with Gasteiger partial charge in [-0.1, -0.05) is 23.4 Å². The Balaban J connectivity index is 1.57. The van der Waals surface area contributed by atoms with Crippen molar-refractivity contribution in [3.63, 3.8) is 0 Å². The molecule has 0 fully saturated rings. The first-order chi connectivity index (χ1) is 15.5. The van der Waals surface area contributed by atoms with Crippen LogP contribution in [0.1, 0.15) is 21.7 Å². The van der Waals surface area contributed by atoms with Gasteiger partial charge < -0.3 is 25.0 Å². The highest BCUT2D eigenvalue weighted by Crippen LogP contribution is 2.49. The molecule has 9 heteroatoms. The van der Waals surface area contributed by atoms with E-state index in [1.807, 2.05) is 0 Å². The average Bonchev–Trinajstić information content (AvgIpc) is 3.52. The van der Waals surface area contributed by atoms with Crippen LogP contribution in [0.3, 0.4) is 0 Å². The monoisotopic (exact) mass is 431 g/mol. The van der Waals surface area contributed by atoms with Gasteiger partial charge in [0.2, 0.25) is 5.78 Å². The summed E-state index contributed by atoms with van der Waals surface area (Å²) in [6, 6.07) is 16.7. The lowest BCUT2D eigenvalue weighted by Crippen LogP contribution is -2.46. The molecule has 2 atom stereocenters. The van der Waals surface area contributed by atoms with E-state index in [1.54, 1.807) is 54.6 Å². The largest absolute Gasteiger partial charge is 0.484 e. The van der Waals surface area contributed by atoms with Gasteiger partial charge in [-0.2, -0.15) is 0 Å². The fourth-order valence-corrected chi connectivity index (χ4v) is 4.02. The van der Waals surface area contributed by atoms with E-state index in [4.69, 9.17) is 19.7 Å². The highest BCUT2D eigenvalue weighted by atomic mass is 16.7. The molecule has 2 aliphatic rings. The number of hydrogen-bond donors (Lipinski definition) is 2. The Morgan fingerprint density at radius 2 is 1.88 bits per heavy atom. The smallest absolute Gasteiger partial charge is 0.277 e. The topological polar surface area (TPSA) is 133 Å². The predicted octanol–water partition coefficient (Wildman–Crippen LogP) is 2.22. The van der Waals surface area contributed by atoms with E-state index in [0.717, 1.165) is 0 Å². The van der Waals surface area contributed by atoms with Crippen molar-refractivity contribution in [2.24, 2.45) is 16.8 Å². The van der Waals surface area contributed by atoms with E-state index >= 15 is 0 Å². The summed E-state index contributed by atoms with van der Waals surface area (Å²) in [4.78, 5) is 43.4. The minimum Gasteiger partial charge on any atom is -0.484 e. The van der Waals surface area contributed by atoms with Gasteiger partial charge in [0, 0.05) is 16.8 Å². The number of carbonyl (C=O) groups excluding carboxylic acids is 3. The Kier molecular flexibility index (Phi) is 4.51. The second kappa shape index (κ2) is 7.38. The number of ether oxygens (including phenoxy) is 1. The number of rotatable bonds is 6. The first-order valence-electron chi connectivity index (χ1n) is 9.77. The molecule has 32 heavy (non-hydrogen) atoms. The summed E-state index contributed by atoms with van der Waals surface area (Å²) in [6.45, 7) is -0.261. The van der Waals surface area contributed by atoms with E-state index in [-0.39, 0.29) is 18.1 Å². The second-order valence-corrected chi connectivity index (χ2v) is 7.36. The molecule has 0 saturated heterocycles. The van der Waals surface area contributed by atoms with Gasteiger partial charge >= 0.3 is 0 Å². The fraction of sp³-hybridized carbons (Fsp3) is 0.130. The van der Waals surface area contributed by atoms with Crippen molar-refractivity contribution >= 4 is 29.0 Å². The van der Waals surface area contributed by atoms with Gasteiger partial charge in [0.25, 0.3) is 17.4 Å². The first kappa shape index (κ1) is 19.6. The molecule has 3 N–H and O–H groups in total. The number of amides is 2. The van der Waals surface area contributed by atoms with Gasteiger partial charge in [-0.25, -0.2) is 0 Å². The molecular weight excluding hydrogens is 414 g/mol. The van der Waals surface area contributed by atoms with Gasteiger partial charge in [0.15, 0.2) is 12.4 Å². The summed E-state index contributed by atoms with van der Waals surface area (Å²) in [5.41, 5.74) is 5.36. The van der Waals surface area contributed by atoms with Gasteiger partial charge in [-0.3, -0.25) is 14.4 Å². The number of nitrogens with one attached hydrogen (secondary N) is 1. The maximum absolute atomic E-state index is 13.5. The number of furan rings is 1. The Labute approximate surface area is 181 Å². The van der Waals surface area contributed by atoms with E-state index < -0.39 is 29.1 Å². The lowest BCUT2D eigenvalue weighted by atomic mass is 9.75. The van der Waals surface area contributed by atoms with Crippen molar-refractivity contribution in [1.82, 2.24) is 0 Å². The summed E-state index contributed by atoms with van der Waals surface area (Å²) < 4.78 is 10.6. The molecule has 3 heterocycles. The molecule has 1 aromatic heterocycles. The van der Waals surface area contributed by atoms with Crippen molar-refractivity contribution < 1.29 is 28.4 Å². The van der Waals surface area contributed by atoms with Gasteiger partial charge in [0.05, 0.1) is 6.26 Å². The van der Waals surface area contributed by atoms with Crippen LogP contribution in [0.5, 0.6) is 5.75 Å². The molecule has 2 aliphatic heterocycles. The van der Waals surface area contributed by atoms with Crippen molar-refractivity contribution in [1.29, 1.82) is 0 Å². The number of nitrogens with zero attached hydrogens (tertiary/aromatic N) is 1. The van der Waals surface area contributed by atoms with Crippen LogP contribution in [0.2, 0.25) is 0 Å². The first-order valence-corrected chi connectivity index (χ1v) is 9.77. The molecule has 1 spiro atoms. The maximum Gasteiger partial charge on any atom is 0.277 e. The summed E-state index contributed by atoms with van der Waals surface area (Å²) in [5.74, 6) is -2.10. The Hall–Kier alpha value is -4.40. The minimum absolute atomic E-state index is 0.0890. The summed E-state index contributed by atoms with van der Waals surface area (Å²) >= 11 is 0. The van der Waals surface area contributed by atoms with Crippen molar-refractivity contribution in [2.45, 2.75) is 5.60 Å². The molecule has 2 aromatic carbocycles. The normalized spacial score (nSPS) is 20.9. The van der Waals surface area contributed by atoms with E-state index in [2.05, 4.69) is 10.5 Å². The van der Waals surface area contributed by atoms with Gasteiger partial charge in [-0.05, 0) is 42.5 Å². The van der Waals surface area contributed by atoms with E-state index in [1.165, 1.54) is 12.3 Å². The van der Waals surface area contributed by atoms with Gasteiger partial charge in [-0.15, -0.1) is 0 Å². The number of ketones is 1. The number of fused-ring (bicyclic) bond motifs is 2. The highest BCUT2D eigenvalue weighted by Gasteiger charge is 2.63. The lowest BCUT2D eigenvalue weighted by Gasteiger charge is -2.26. The van der Waals surface area contributed by atoms with Crippen LogP contribution in [0.15, 0.2) is 76.5 Å². The third-order valence-corrected chi connectivity index (χ3v) is 5.44. The molecule has 0 bridgehead atoms. The number of oxime groups is 1. The number of carbonyl (C=O) groups is 3. The number of Topliss-reactive ketones (excluding diaryl/α,β-unsaturated/α-hetero) is 1. The number of anilines is 1. The molecule has 0 unspecified atom stereocenters. The van der Waals surface area contributed by atoms with Crippen LogP contribution in [-0.2, 0) is 20.0 Å². The third-order valence-electron chi connectivity index (χ3n) is 5.44. The third kappa shape index (κ3) is 2.94. The summed E-state index contributed by atoms with van der Waals surface area (Å²) in [5, 5.41) is 6.97. The molecule has 160 valence electrons. The number of nitrogens with two attached hydrogens (primary N) is 1. The predicted molar refractivity (Wildman–Crippen MR) is 112 cm³/mol. The summed E-state index contributed by atoms with van der Waals surface area (Å²) in [6.07, 6.45) is 1.39. The number of primary amides is 1. The quantitative estimate of drug-likeness (QED) is 0.575. The number of benzene rings is 2. The Morgan fingerprint density at radius 1 is 1.09 bits per heavy atom. The molecule has 3 aromatic rings. The zero-order chi connectivity index (χ0) is 22.3. The highest BCUT2D eigenvalue weighted by molar-refractivity contribution is 6.24. The second-order valence-electron chi connectivity index (χ2n) is 7.36. The average molecular weight is 431 g/mol. The van der Waals surface area contributed by atoms with Crippen LogP contribution >= 0.6 is 0 Å². The Bertz CT molecular complexity index is 1250. The van der Waals surface area contributed by atoms with Crippen LogP contribution in [0, 0.1) is 5.92 Å². The van der Waals surface area contributed by atoms with Crippen LogP contribution < -0.4 is 15.8 Å². The zero-order valence-electron chi connectivity index (χ0n) is 16.6. The Morgan fingerprint density at radius 3 is 2.59 bits per heavy atom. The van der Waals surface area contributed by atoms with E-state index in [0.29, 0.717) is 22.6 Å². The van der Waals surface area contributed by atoms with Crippen LogP contribution in [0.4, 0.5) is 5.69 Å². The zero-order valence-corrected chi connectivity index (χ0v) is 16.6.